The Morgan fingerprint density at radius 1 is 0.438 bits per heavy atom. The van der Waals surface area contributed by atoms with Gasteiger partial charge in [-0.05, 0) is 12.8 Å². The molecular formula is C26H50O6. The van der Waals surface area contributed by atoms with Gasteiger partial charge in [0.15, 0.2) is 0 Å². The monoisotopic (exact) mass is 458 g/mol. The van der Waals surface area contributed by atoms with Crippen LogP contribution in [0.15, 0.2) is 0 Å². The molecule has 0 amide bonds. The third-order valence-corrected chi connectivity index (χ3v) is 5.32. The summed E-state index contributed by atoms with van der Waals surface area (Å²) in [6.07, 6.45) is 17.7. The summed E-state index contributed by atoms with van der Waals surface area (Å²) in [5.74, 6) is -0.284. The van der Waals surface area contributed by atoms with Gasteiger partial charge in [0.05, 0.1) is 26.4 Å². The lowest BCUT2D eigenvalue weighted by molar-refractivity contribution is -0.147. The number of carbonyl (C=O) groups is 2. The molecule has 0 aromatic carbocycles. The molecule has 0 saturated heterocycles. The molecule has 0 unspecified atom stereocenters. The van der Waals surface area contributed by atoms with Gasteiger partial charge in [-0.15, -0.1) is 0 Å². The minimum atomic E-state index is -0.142. The minimum Gasteiger partial charge on any atom is -0.463 e. The molecule has 0 aliphatic carbocycles. The Kier molecular flexibility index (Phi) is 25.2. The molecule has 0 fully saturated rings. The lowest BCUT2D eigenvalue weighted by Crippen LogP contribution is -2.15. The Labute approximate surface area is 197 Å². The highest BCUT2D eigenvalue weighted by Gasteiger charge is 2.04. The summed E-state index contributed by atoms with van der Waals surface area (Å²) in [5.41, 5.74) is 0. The van der Waals surface area contributed by atoms with Gasteiger partial charge < -0.3 is 18.9 Å². The third kappa shape index (κ3) is 25.1. The first-order valence-electron chi connectivity index (χ1n) is 13.2. The Morgan fingerprint density at radius 3 is 1.12 bits per heavy atom. The van der Waals surface area contributed by atoms with E-state index >= 15 is 0 Å². The van der Waals surface area contributed by atoms with Crippen LogP contribution in [0.2, 0.25) is 0 Å². The van der Waals surface area contributed by atoms with Crippen LogP contribution in [0.5, 0.6) is 0 Å². The molecule has 0 aromatic rings. The van der Waals surface area contributed by atoms with Gasteiger partial charge in [-0.3, -0.25) is 9.59 Å². The van der Waals surface area contributed by atoms with Gasteiger partial charge in [-0.2, -0.15) is 0 Å². The molecule has 0 atom stereocenters. The summed E-state index contributed by atoms with van der Waals surface area (Å²) in [7, 11) is 0. The van der Waals surface area contributed by atoms with E-state index in [0.29, 0.717) is 39.3 Å². The minimum absolute atomic E-state index is 0.142. The zero-order valence-electron chi connectivity index (χ0n) is 21.0. The van der Waals surface area contributed by atoms with Crippen LogP contribution in [0.4, 0.5) is 0 Å². The first kappa shape index (κ1) is 30.9. The summed E-state index contributed by atoms with van der Waals surface area (Å²) >= 11 is 0. The molecule has 0 spiro atoms. The van der Waals surface area contributed by atoms with Crippen LogP contribution in [0, 0.1) is 0 Å². The van der Waals surface area contributed by atoms with E-state index in [1.54, 1.807) is 0 Å². The van der Waals surface area contributed by atoms with E-state index in [4.69, 9.17) is 18.9 Å². The quantitative estimate of drug-likeness (QED) is 0.117. The topological polar surface area (TPSA) is 71.1 Å². The highest BCUT2D eigenvalue weighted by Crippen LogP contribution is 2.09. The predicted octanol–water partition coefficient (Wildman–Crippen LogP) is 6.39. The molecule has 0 rings (SSSR count). The fourth-order valence-electron chi connectivity index (χ4n) is 3.35. The van der Waals surface area contributed by atoms with Crippen molar-refractivity contribution in [2.24, 2.45) is 0 Å². The molecule has 6 nitrogen and oxygen atoms in total. The second-order valence-corrected chi connectivity index (χ2v) is 8.41. The molecule has 0 N–H and O–H groups in total. The van der Waals surface area contributed by atoms with Crippen LogP contribution >= 0.6 is 0 Å². The lowest BCUT2D eigenvalue weighted by Gasteiger charge is -2.08. The maximum atomic E-state index is 11.6. The van der Waals surface area contributed by atoms with E-state index in [9.17, 15) is 9.59 Å². The van der Waals surface area contributed by atoms with Crippen molar-refractivity contribution in [3.63, 3.8) is 0 Å². The zero-order chi connectivity index (χ0) is 23.5. The smallest absolute Gasteiger partial charge is 0.305 e. The highest BCUT2D eigenvalue weighted by molar-refractivity contribution is 5.69. The largest absolute Gasteiger partial charge is 0.463 e. The summed E-state index contributed by atoms with van der Waals surface area (Å²) in [4.78, 5) is 23.3. The number of hydrogen-bond donors (Lipinski definition) is 0. The molecule has 0 bridgehead atoms. The Hall–Kier alpha value is -1.14. The van der Waals surface area contributed by atoms with Crippen molar-refractivity contribution in [2.45, 2.75) is 117 Å². The number of carbonyl (C=O) groups excluding carboxylic acids is 2. The van der Waals surface area contributed by atoms with E-state index in [2.05, 4.69) is 13.8 Å². The van der Waals surface area contributed by atoms with Gasteiger partial charge in [0, 0.05) is 12.8 Å². The molecule has 0 aromatic heterocycles. The predicted molar refractivity (Wildman–Crippen MR) is 129 cm³/mol. The molecule has 0 heterocycles. The Bertz CT molecular complexity index is 375. The number of rotatable bonds is 25. The van der Waals surface area contributed by atoms with Crippen LogP contribution < -0.4 is 0 Å². The van der Waals surface area contributed by atoms with Crippen LogP contribution in [0.1, 0.15) is 117 Å². The maximum absolute atomic E-state index is 11.6. The van der Waals surface area contributed by atoms with E-state index in [1.165, 1.54) is 64.2 Å². The maximum Gasteiger partial charge on any atom is 0.305 e. The van der Waals surface area contributed by atoms with Gasteiger partial charge in [0.25, 0.3) is 0 Å². The van der Waals surface area contributed by atoms with Crippen LogP contribution in [0.3, 0.4) is 0 Å². The summed E-state index contributed by atoms with van der Waals surface area (Å²) in [6.45, 7) is 6.61. The van der Waals surface area contributed by atoms with Gasteiger partial charge >= 0.3 is 11.9 Å². The van der Waals surface area contributed by atoms with Gasteiger partial charge in [0.2, 0.25) is 0 Å². The summed E-state index contributed by atoms with van der Waals surface area (Å²) in [6, 6.07) is 0. The average Bonchev–Trinajstić information content (AvgIpc) is 2.79. The average molecular weight is 459 g/mol. The molecule has 6 heteroatoms. The third-order valence-electron chi connectivity index (χ3n) is 5.32. The number of hydrogen-bond acceptors (Lipinski definition) is 6. The summed E-state index contributed by atoms with van der Waals surface area (Å²) in [5, 5.41) is 0. The normalized spacial score (nSPS) is 10.9. The number of esters is 2. The van der Waals surface area contributed by atoms with Crippen LogP contribution in [0.25, 0.3) is 0 Å². The number of ether oxygens (including phenoxy) is 4. The van der Waals surface area contributed by atoms with Crippen molar-refractivity contribution in [3.05, 3.63) is 0 Å². The molecule has 0 radical (unpaired) electrons. The number of unbranched alkanes of at least 4 members (excludes halogenated alkanes) is 12. The Morgan fingerprint density at radius 2 is 0.750 bits per heavy atom. The van der Waals surface area contributed by atoms with Crippen molar-refractivity contribution in [1.29, 1.82) is 0 Å². The van der Waals surface area contributed by atoms with Crippen molar-refractivity contribution in [2.75, 3.05) is 39.6 Å². The van der Waals surface area contributed by atoms with Crippen LogP contribution in [-0.2, 0) is 28.5 Å². The Balaban J connectivity index is 3.23. The lowest BCUT2D eigenvalue weighted by atomic mass is 10.1. The van der Waals surface area contributed by atoms with Gasteiger partial charge in [0.1, 0.15) is 13.2 Å². The molecular weight excluding hydrogens is 408 g/mol. The van der Waals surface area contributed by atoms with E-state index < -0.39 is 0 Å². The van der Waals surface area contributed by atoms with Crippen molar-refractivity contribution >= 4 is 11.9 Å². The van der Waals surface area contributed by atoms with E-state index in [1.807, 2.05) is 0 Å². The SMILES string of the molecule is CCCCCCCCCC(=O)OCCOCCOCCOC(=O)CCCCCCCCC. The highest BCUT2D eigenvalue weighted by atomic mass is 16.6. The molecule has 32 heavy (non-hydrogen) atoms. The first-order valence-corrected chi connectivity index (χ1v) is 13.2. The van der Waals surface area contributed by atoms with Crippen molar-refractivity contribution < 1.29 is 28.5 Å². The van der Waals surface area contributed by atoms with Crippen molar-refractivity contribution in [3.8, 4) is 0 Å². The van der Waals surface area contributed by atoms with E-state index in [0.717, 1.165) is 25.7 Å². The molecule has 0 saturated carbocycles. The molecule has 0 aliphatic heterocycles. The zero-order valence-corrected chi connectivity index (χ0v) is 21.0. The summed E-state index contributed by atoms with van der Waals surface area (Å²) < 4.78 is 21.1. The van der Waals surface area contributed by atoms with Crippen molar-refractivity contribution in [1.82, 2.24) is 0 Å². The first-order chi connectivity index (χ1) is 15.7. The second kappa shape index (κ2) is 26.1. The van der Waals surface area contributed by atoms with Crippen LogP contribution in [-0.4, -0.2) is 51.6 Å². The second-order valence-electron chi connectivity index (χ2n) is 8.41. The van der Waals surface area contributed by atoms with E-state index in [-0.39, 0.29) is 25.2 Å². The fraction of sp³-hybridized carbons (Fsp3) is 0.923. The fourth-order valence-corrected chi connectivity index (χ4v) is 3.35. The molecule has 0 aliphatic rings. The van der Waals surface area contributed by atoms with Gasteiger partial charge in [-0.25, -0.2) is 0 Å². The standard InChI is InChI=1S/C26H50O6/c1-3-5-7-9-11-13-15-17-25(27)31-23-21-29-19-20-30-22-24-32-26(28)18-16-14-12-10-8-6-4-2/h3-24H2,1-2H3. The van der Waals surface area contributed by atoms with Gasteiger partial charge in [-0.1, -0.05) is 90.9 Å². The molecule has 190 valence electrons.